The van der Waals surface area contributed by atoms with E-state index in [4.69, 9.17) is 18.0 Å². The average molecular weight is 278 g/mol. The number of amides is 1. The highest BCUT2D eigenvalue weighted by Crippen LogP contribution is 2.20. The number of rotatable bonds is 7. The van der Waals surface area contributed by atoms with Crippen molar-refractivity contribution in [3.8, 4) is 0 Å². The van der Waals surface area contributed by atoms with Crippen molar-refractivity contribution in [1.82, 2.24) is 0 Å². The molecule has 19 heavy (non-hydrogen) atoms. The number of unbranched alkanes of at least 4 members (excludes halogenated alkanes) is 3. The molecule has 3 nitrogen and oxygen atoms in total. The Morgan fingerprint density at radius 2 is 1.95 bits per heavy atom. The molecule has 0 bridgehead atoms. The van der Waals surface area contributed by atoms with Gasteiger partial charge in [0.2, 0.25) is 5.91 Å². The van der Waals surface area contributed by atoms with Crippen LogP contribution in [0.5, 0.6) is 0 Å². The van der Waals surface area contributed by atoms with Crippen molar-refractivity contribution >= 4 is 28.8 Å². The monoisotopic (exact) mass is 278 g/mol. The molecule has 0 saturated heterocycles. The maximum Gasteiger partial charge on any atom is 0.226 e. The van der Waals surface area contributed by atoms with Crippen LogP contribution in [-0.2, 0) is 4.79 Å². The summed E-state index contributed by atoms with van der Waals surface area (Å²) in [7, 11) is 1.78. The molecule has 1 rings (SSSR count). The van der Waals surface area contributed by atoms with E-state index in [2.05, 4.69) is 6.92 Å². The number of nitrogens with zero attached hydrogens (tertiary/aromatic N) is 1. The number of benzene rings is 1. The van der Waals surface area contributed by atoms with Gasteiger partial charge in [-0.1, -0.05) is 50.5 Å². The molecule has 0 fully saturated rings. The second kappa shape index (κ2) is 7.89. The number of carbonyl (C=O) groups excluding carboxylic acids is 1. The zero-order chi connectivity index (χ0) is 14.3. The molecule has 1 amide bonds. The van der Waals surface area contributed by atoms with Gasteiger partial charge in [0, 0.05) is 19.0 Å². The molecule has 0 spiro atoms. The van der Waals surface area contributed by atoms with Gasteiger partial charge in [-0.25, -0.2) is 0 Å². The largest absolute Gasteiger partial charge is 0.389 e. The molecule has 1 aromatic carbocycles. The quantitative estimate of drug-likeness (QED) is 0.615. The molecular weight excluding hydrogens is 256 g/mol. The molecule has 0 heterocycles. The minimum atomic E-state index is 0.111. The lowest BCUT2D eigenvalue weighted by Gasteiger charge is -2.20. The zero-order valence-corrected chi connectivity index (χ0v) is 12.5. The minimum Gasteiger partial charge on any atom is -0.389 e. The van der Waals surface area contributed by atoms with Gasteiger partial charge in [0.05, 0.1) is 5.69 Å². The van der Waals surface area contributed by atoms with Crippen LogP contribution in [0.4, 0.5) is 5.69 Å². The van der Waals surface area contributed by atoms with Crippen molar-refractivity contribution in [1.29, 1.82) is 0 Å². The summed E-state index contributed by atoms with van der Waals surface area (Å²) in [5.74, 6) is 0.111. The SMILES string of the molecule is CCCCCCC(=O)N(C)c1ccccc1C(N)=S. The summed E-state index contributed by atoms with van der Waals surface area (Å²) >= 11 is 5.02. The van der Waals surface area contributed by atoms with Crippen LogP contribution in [0.1, 0.15) is 44.6 Å². The van der Waals surface area contributed by atoms with Crippen molar-refractivity contribution in [2.75, 3.05) is 11.9 Å². The van der Waals surface area contributed by atoms with Gasteiger partial charge in [-0.2, -0.15) is 0 Å². The fourth-order valence-corrected chi connectivity index (χ4v) is 2.15. The van der Waals surface area contributed by atoms with Gasteiger partial charge in [0.15, 0.2) is 0 Å². The van der Waals surface area contributed by atoms with E-state index in [0.29, 0.717) is 11.4 Å². The van der Waals surface area contributed by atoms with Gasteiger partial charge < -0.3 is 10.6 Å². The number of carbonyl (C=O) groups is 1. The van der Waals surface area contributed by atoms with Crippen molar-refractivity contribution in [3.05, 3.63) is 29.8 Å². The Kier molecular flexibility index (Phi) is 6.50. The first-order chi connectivity index (χ1) is 9.07. The molecule has 2 N–H and O–H groups in total. The summed E-state index contributed by atoms with van der Waals surface area (Å²) in [6.45, 7) is 2.16. The molecule has 0 aromatic heterocycles. The zero-order valence-electron chi connectivity index (χ0n) is 11.7. The number of para-hydroxylation sites is 1. The fraction of sp³-hybridized carbons (Fsp3) is 0.467. The van der Waals surface area contributed by atoms with E-state index in [9.17, 15) is 4.79 Å². The summed E-state index contributed by atoms with van der Waals surface area (Å²) in [5, 5.41) is 0. The predicted octanol–water partition coefficient (Wildman–Crippen LogP) is 3.25. The Hall–Kier alpha value is -1.42. The Bertz CT molecular complexity index is 446. The third kappa shape index (κ3) is 4.63. The Morgan fingerprint density at radius 1 is 1.26 bits per heavy atom. The van der Waals surface area contributed by atoms with Crippen LogP contribution in [-0.4, -0.2) is 17.9 Å². The lowest BCUT2D eigenvalue weighted by atomic mass is 10.1. The summed E-state index contributed by atoms with van der Waals surface area (Å²) in [5.41, 5.74) is 7.22. The lowest BCUT2D eigenvalue weighted by molar-refractivity contribution is -0.118. The van der Waals surface area contributed by atoms with Crippen molar-refractivity contribution in [2.24, 2.45) is 5.73 Å². The van der Waals surface area contributed by atoms with E-state index in [1.807, 2.05) is 24.3 Å². The standard InChI is InChI=1S/C15H22N2OS/c1-3-4-5-6-11-14(18)17(2)13-10-8-7-9-12(13)15(16)19/h7-10H,3-6,11H2,1-2H3,(H2,16,19). The predicted molar refractivity (Wildman–Crippen MR) is 84.5 cm³/mol. The van der Waals surface area contributed by atoms with E-state index in [0.717, 1.165) is 24.1 Å². The normalized spacial score (nSPS) is 10.2. The van der Waals surface area contributed by atoms with Gasteiger partial charge in [-0.05, 0) is 18.6 Å². The molecule has 0 saturated carbocycles. The van der Waals surface area contributed by atoms with Gasteiger partial charge >= 0.3 is 0 Å². The number of nitrogens with two attached hydrogens (primary N) is 1. The third-order valence-corrected chi connectivity index (χ3v) is 3.37. The minimum absolute atomic E-state index is 0.111. The van der Waals surface area contributed by atoms with Crippen LogP contribution >= 0.6 is 12.2 Å². The first-order valence-electron chi connectivity index (χ1n) is 6.73. The Balaban J connectivity index is 2.69. The summed E-state index contributed by atoms with van der Waals surface area (Å²) in [6, 6.07) is 7.48. The first kappa shape index (κ1) is 15.6. The molecule has 0 radical (unpaired) electrons. The third-order valence-electron chi connectivity index (χ3n) is 3.15. The number of thiocarbonyl (C=S) groups is 1. The van der Waals surface area contributed by atoms with E-state index in [1.165, 1.54) is 12.8 Å². The maximum absolute atomic E-state index is 12.1. The van der Waals surface area contributed by atoms with Crippen LogP contribution in [0.3, 0.4) is 0 Å². The van der Waals surface area contributed by atoms with Gasteiger partial charge in [0.1, 0.15) is 4.99 Å². The van der Waals surface area contributed by atoms with Crippen LogP contribution in [0.2, 0.25) is 0 Å². The second-order valence-electron chi connectivity index (χ2n) is 4.64. The fourth-order valence-electron chi connectivity index (χ4n) is 1.98. The highest BCUT2D eigenvalue weighted by molar-refractivity contribution is 7.80. The van der Waals surface area contributed by atoms with Crippen LogP contribution in [0.15, 0.2) is 24.3 Å². The molecule has 0 unspecified atom stereocenters. The van der Waals surface area contributed by atoms with Crippen LogP contribution < -0.4 is 10.6 Å². The molecule has 104 valence electrons. The molecule has 0 aliphatic heterocycles. The Labute approximate surface area is 120 Å². The summed E-state index contributed by atoms with van der Waals surface area (Å²) in [6.07, 6.45) is 4.97. The van der Waals surface area contributed by atoms with Crippen molar-refractivity contribution in [3.63, 3.8) is 0 Å². The number of hydrogen-bond donors (Lipinski definition) is 1. The van der Waals surface area contributed by atoms with E-state index in [-0.39, 0.29) is 5.91 Å². The van der Waals surface area contributed by atoms with Gasteiger partial charge in [0.25, 0.3) is 0 Å². The topological polar surface area (TPSA) is 46.3 Å². The molecule has 0 aliphatic rings. The molecule has 4 heteroatoms. The molecule has 0 aliphatic carbocycles. The number of anilines is 1. The molecule has 0 atom stereocenters. The second-order valence-corrected chi connectivity index (χ2v) is 5.08. The summed E-state index contributed by atoms with van der Waals surface area (Å²) < 4.78 is 0. The van der Waals surface area contributed by atoms with Crippen LogP contribution in [0, 0.1) is 0 Å². The van der Waals surface area contributed by atoms with Gasteiger partial charge in [-0.15, -0.1) is 0 Å². The number of hydrogen-bond acceptors (Lipinski definition) is 2. The van der Waals surface area contributed by atoms with Crippen molar-refractivity contribution < 1.29 is 4.79 Å². The molecule has 1 aromatic rings. The van der Waals surface area contributed by atoms with Crippen LogP contribution in [0.25, 0.3) is 0 Å². The first-order valence-corrected chi connectivity index (χ1v) is 7.14. The highest BCUT2D eigenvalue weighted by Gasteiger charge is 2.14. The maximum atomic E-state index is 12.1. The lowest BCUT2D eigenvalue weighted by Crippen LogP contribution is -2.28. The molecular formula is C15H22N2OS. The summed E-state index contributed by atoms with van der Waals surface area (Å²) in [4.78, 5) is 14.1. The van der Waals surface area contributed by atoms with Gasteiger partial charge in [-0.3, -0.25) is 4.79 Å². The highest BCUT2D eigenvalue weighted by atomic mass is 32.1. The van der Waals surface area contributed by atoms with Crippen molar-refractivity contribution in [2.45, 2.75) is 39.0 Å². The Morgan fingerprint density at radius 3 is 2.58 bits per heavy atom. The smallest absolute Gasteiger partial charge is 0.226 e. The average Bonchev–Trinajstić information content (AvgIpc) is 2.42. The van der Waals surface area contributed by atoms with E-state index in [1.54, 1.807) is 11.9 Å². The van der Waals surface area contributed by atoms with E-state index < -0.39 is 0 Å². The van der Waals surface area contributed by atoms with E-state index >= 15 is 0 Å².